The second kappa shape index (κ2) is 3.15. The fraction of sp³-hybridized carbons (Fsp3) is 0.800. The van der Waals surface area contributed by atoms with Crippen LogP contribution < -0.4 is 0 Å². The van der Waals surface area contributed by atoms with Crippen molar-refractivity contribution in [3.8, 4) is 0 Å². The second-order valence-corrected chi connectivity index (χ2v) is 6.81. The van der Waals surface area contributed by atoms with E-state index in [0.717, 1.165) is 24.2 Å². The summed E-state index contributed by atoms with van der Waals surface area (Å²) < 4.78 is 0. The first-order chi connectivity index (χ1) is 7.91. The third-order valence-corrected chi connectivity index (χ3v) is 6.58. The van der Waals surface area contributed by atoms with Gasteiger partial charge in [0.05, 0.1) is 0 Å². The number of allylic oxidation sites excluding steroid dienone is 1. The Balaban J connectivity index is 1.67. The van der Waals surface area contributed by atoms with Crippen molar-refractivity contribution in [1.82, 2.24) is 0 Å². The summed E-state index contributed by atoms with van der Waals surface area (Å²) in [7, 11) is 0. The Hall–Kier alpha value is -0.790. The fourth-order valence-corrected chi connectivity index (χ4v) is 5.18. The maximum Gasteiger partial charge on any atom is 0.330 e. The van der Waals surface area contributed by atoms with Crippen LogP contribution in [0.1, 0.15) is 46.5 Å². The Bertz CT molecular complexity index is 397. The van der Waals surface area contributed by atoms with Crippen LogP contribution in [0.5, 0.6) is 0 Å². The number of carbonyl (C=O) groups is 1. The van der Waals surface area contributed by atoms with E-state index in [2.05, 4.69) is 13.8 Å². The van der Waals surface area contributed by atoms with E-state index in [9.17, 15) is 4.79 Å². The maximum atomic E-state index is 10.7. The van der Waals surface area contributed by atoms with Crippen molar-refractivity contribution in [1.29, 1.82) is 0 Å². The number of hydrogen-bond acceptors (Lipinski definition) is 1. The first kappa shape index (κ1) is 11.3. The van der Waals surface area contributed by atoms with Crippen molar-refractivity contribution in [3.63, 3.8) is 0 Å². The van der Waals surface area contributed by atoms with Gasteiger partial charge in [-0.1, -0.05) is 19.9 Å². The van der Waals surface area contributed by atoms with Gasteiger partial charge in [0.25, 0.3) is 0 Å². The Morgan fingerprint density at radius 3 is 2.35 bits per heavy atom. The van der Waals surface area contributed by atoms with E-state index in [1.165, 1.54) is 19.3 Å². The Morgan fingerprint density at radius 2 is 1.94 bits per heavy atom. The van der Waals surface area contributed by atoms with Gasteiger partial charge in [0.2, 0.25) is 0 Å². The van der Waals surface area contributed by atoms with Crippen LogP contribution >= 0.6 is 0 Å². The number of carboxylic acid groups (broad SMARTS) is 1. The molecule has 17 heavy (non-hydrogen) atoms. The van der Waals surface area contributed by atoms with Crippen molar-refractivity contribution < 1.29 is 9.90 Å². The lowest BCUT2D eigenvalue weighted by Crippen LogP contribution is -2.26. The zero-order valence-electron chi connectivity index (χ0n) is 11.0. The fourth-order valence-electron chi connectivity index (χ4n) is 5.18. The van der Waals surface area contributed by atoms with Crippen LogP contribution in [0.4, 0.5) is 0 Å². The van der Waals surface area contributed by atoms with E-state index in [0.29, 0.717) is 16.4 Å². The minimum absolute atomic E-state index is 0.484. The van der Waals surface area contributed by atoms with Crippen molar-refractivity contribution in [2.45, 2.75) is 46.5 Å². The zero-order valence-corrected chi connectivity index (χ0v) is 11.0. The summed E-state index contributed by atoms with van der Waals surface area (Å²) in [6.45, 7) is 6.62. The molecule has 0 spiro atoms. The number of aliphatic carboxylic acids is 1. The minimum Gasteiger partial charge on any atom is -0.478 e. The Labute approximate surface area is 103 Å². The molecule has 0 heterocycles. The lowest BCUT2D eigenvalue weighted by molar-refractivity contribution is -0.132. The molecule has 0 radical (unpaired) electrons. The maximum absolute atomic E-state index is 10.7. The number of rotatable bonds is 4. The summed E-state index contributed by atoms with van der Waals surface area (Å²) in [5, 5.41) is 8.84. The van der Waals surface area contributed by atoms with Crippen molar-refractivity contribution in [2.24, 2.45) is 28.6 Å². The minimum atomic E-state index is -0.776. The first-order valence-corrected chi connectivity index (χ1v) is 6.81. The highest BCUT2D eigenvalue weighted by molar-refractivity contribution is 5.85. The molecular weight excluding hydrogens is 212 g/mol. The average molecular weight is 234 g/mol. The zero-order chi connectivity index (χ0) is 12.4. The van der Waals surface area contributed by atoms with E-state index in [4.69, 9.17) is 5.11 Å². The molecule has 4 rings (SSSR count). The largest absolute Gasteiger partial charge is 0.478 e. The molecule has 0 aromatic carbocycles. The topological polar surface area (TPSA) is 37.3 Å². The molecular formula is C15H22O2. The molecule has 0 aliphatic heterocycles. The highest BCUT2D eigenvalue weighted by Gasteiger charge is 2.80. The van der Waals surface area contributed by atoms with E-state index in [1.54, 1.807) is 6.92 Å². The van der Waals surface area contributed by atoms with Gasteiger partial charge in [-0.3, -0.25) is 0 Å². The molecule has 2 heteroatoms. The Kier molecular flexibility index (Phi) is 2.10. The molecule has 0 amide bonds. The van der Waals surface area contributed by atoms with Gasteiger partial charge in [-0.25, -0.2) is 4.79 Å². The van der Waals surface area contributed by atoms with Crippen LogP contribution in [-0.2, 0) is 4.79 Å². The standard InChI is InChI=1S/C15H22O2/c1-9(13(16)17)5-4-6-14(2)10-7-11-12(8-10)15(11,14)3/h5,10-12H,4,6-8H2,1-3H3,(H,16,17)/b9-5+/t10?,11-,12-,14+,15?/m0/s1. The molecule has 0 aromatic rings. The molecule has 3 atom stereocenters. The number of carboxylic acids is 1. The van der Waals surface area contributed by atoms with Crippen molar-refractivity contribution in [2.75, 3.05) is 0 Å². The lowest BCUT2D eigenvalue weighted by Gasteiger charge is -2.34. The molecule has 0 aromatic heterocycles. The highest BCUT2D eigenvalue weighted by Crippen LogP contribution is 2.87. The summed E-state index contributed by atoms with van der Waals surface area (Å²) in [6.07, 6.45) is 6.90. The predicted molar refractivity (Wildman–Crippen MR) is 66.5 cm³/mol. The van der Waals surface area contributed by atoms with Crippen molar-refractivity contribution in [3.05, 3.63) is 11.6 Å². The van der Waals surface area contributed by atoms with Gasteiger partial charge in [0.1, 0.15) is 0 Å². The van der Waals surface area contributed by atoms with E-state index >= 15 is 0 Å². The smallest absolute Gasteiger partial charge is 0.330 e. The number of hydrogen-bond donors (Lipinski definition) is 1. The van der Waals surface area contributed by atoms with Crippen LogP contribution in [0.3, 0.4) is 0 Å². The summed E-state index contributed by atoms with van der Waals surface area (Å²) in [4.78, 5) is 10.7. The molecule has 1 N–H and O–H groups in total. The van der Waals surface area contributed by atoms with Crippen molar-refractivity contribution >= 4 is 5.97 Å². The second-order valence-electron chi connectivity index (χ2n) is 6.81. The van der Waals surface area contributed by atoms with Gasteiger partial charge in [-0.05, 0) is 61.2 Å². The summed E-state index contributed by atoms with van der Waals surface area (Å²) in [5.74, 6) is 2.14. The van der Waals surface area contributed by atoms with E-state index in [1.807, 2.05) is 6.08 Å². The van der Waals surface area contributed by atoms with Crippen LogP contribution in [0.15, 0.2) is 11.6 Å². The molecule has 2 nitrogen and oxygen atoms in total. The first-order valence-electron chi connectivity index (χ1n) is 6.81. The quantitative estimate of drug-likeness (QED) is 0.756. The summed E-state index contributed by atoms with van der Waals surface area (Å²) >= 11 is 0. The summed E-state index contributed by atoms with van der Waals surface area (Å²) in [6, 6.07) is 0. The van der Waals surface area contributed by atoms with Gasteiger partial charge in [-0.15, -0.1) is 0 Å². The van der Waals surface area contributed by atoms with E-state index in [-0.39, 0.29) is 0 Å². The van der Waals surface area contributed by atoms with Gasteiger partial charge < -0.3 is 5.11 Å². The predicted octanol–water partition coefficient (Wildman–Crippen LogP) is 3.48. The molecule has 4 saturated carbocycles. The van der Waals surface area contributed by atoms with Gasteiger partial charge in [0, 0.05) is 5.57 Å². The van der Waals surface area contributed by atoms with E-state index < -0.39 is 5.97 Å². The van der Waals surface area contributed by atoms with Crippen LogP contribution in [0, 0.1) is 28.6 Å². The van der Waals surface area contributed by atoms with Gasteiger partial charge in [0.15, 0.2) is 0 Å². The lowest BCUT2D eigenvalue weighted by atomic mass is 9.71. The Morgan fingerprint density at radius 1 is 1.35 bits per heavy atom. The van der Waals surface area contributed by atoms with Gasteiger partial charge in [-0.2, -0.15) is 0 Å². The molecule has 4 fully saturated rings. The summed E-state index contributed by atoms with van der Waals surface area (Å²) in [5.41, 5.74) is 1.58. The van der Waals surface area contributed by atoms with Gasteiger partial charge >= 0.3 is 5.97 Å². The molecule has 4 aliphatic rings. The molecule has 94 valence electrons. The SMILES string of the molecule is C/C(=C\CC[C@]1(C)C2C[C@H]3[C@H](C2)C31C)C(=O)O. The molecule has 0 unspecified atom stereocenters. The third kappa shape index (κ3) is 1.19. The molecule has 4 bridgehead atoms. The molecule has 4 aliphatic carbocycles. The van der Waals surface area contributed by atoms with Crippen LogP contribution in [0.2, 0.25) is 0 Å². The normalized spacial score (nSPS) is 50.8. The van der Waals surface area contributed by atoms with Crippen LogP contribution in [0.25, 0.3) is 0 Å². The molecule has 0 saturated heterocycles. The third-order valence-electron chi connectivity index (χ3n) is 6.58. The average Bonchev–Trinajstić information content (AvgIpc) is 2.64. The monoisotopic (exact) mass is 234 g/mol. The van der Waals surface area contributed by atoms with Crippen LogP contribution in [-0.4, -0.2) is 11.1 Å². The highest BCUT2D eigenvalue weighted by atomic mass is 16.4.